The summed E-state index contributed by atoms with van der Waals surface area (Å²) in [4.78, 5) is 24.3. The van der Waals surface area contributed by atoms with Gasteiger partial charge in [0.15, 0.2) is 16.8 Å². The molecule has 0 fully saturated rings. The Kier molecular flexibility index (Phi) is 2.79. The van der Waals surface area contributed by atoms with Crippen LogP contribution in [0.3, 0.4) is 0 Å². The molecule has 0 aliphatic carbocycles. The van der Waals surface area contributed by atoms with Crippen LogP contribution in [-0.2, 0) is 4.79 Å². The molecule has 19 heavy (non-hydrogen) atoms. The van der Waals surface area contributed by atoms with E-state index in [4.69, 9.17) is 0 Å². The van der Waals surface area contributed by atoms with Gasteiger partial charge in [-0.2, -0.15) is 0 Å². The maximum absolute atomic E-state index is 11.7. The number of anilines is 4. The molecule has 0 aromatic carbocycles. The Morgan fingerprint density at radius 2 is 2.26 bits per heavy atom. The van der Waals surface area contributed by atoms with Gasteiger partial charge >= 0.3 is 0 Å². The summed E-state index contributed by atoms with van der Waals surface area (Å²) in [6.45, 7) is 3.69. The lowest BCUT2D eigenvalue weighted by Gasteiger charge is -2.24. The number of hydrogen-bond acceptors (Lipinski definition) is 7. The van der Waals surface area contributed by atoms with Crippen molar-refractivity contribution in [1.29, 1.82) is 0 Å². The first-order valence-electron chi connectivity index (χ1n) is 5.75. The van der Waals surface area contributed by atoms with Crippen molar-refractivity contribution in [2.45, 2.75) is 19.9 Å². The van der Waals surface area contributed by atoms with Gasteiger partial charge in [-0.15, -0.1) is 11.3 Å². The van der Waals surface area contributed by atoms with Crippen molar-refractivity contribution in [3.8, 4) is 0 Å². The lowest BCUT2D eigenvalue weighted by molar-refractivity contribution is -0.116. The highest BCUT2D eigenvalue weighted by Crippen LogP contribution is 2.32. The van der Waals surface area contributed by atoms with Crippen LogP contribution < -0.4 is 16.0 Å². The SMILES string of the molecule is Cc1csc(Nc2ncnc3c2NC(=O)C(C)N3)n1. The molecule has 3 N–H and O–H groups in total. The van der Waals surface area contributed by atoms with Crippen LogP contribution in [0.1, 0.15) is 12.6 Å². The average molecular weight is 276 g/mol. The normalized spacial score (nSPS) is 17.4. The molecule has 3 rings (SSSR count). The van der Waals surface area contributed by atoms with Crippen molar-refractivity contribution in [2.24, 2.45) is 0 Å². The fraction of sp³-hybridized carbons (Fsp3) is 0.273. The minimum Gasteiger partial charge on any atom is -0.357 e. The number of aryl methyl sites for hydroxylation is 1. The fourth-order valence-corrected chi connectivity index (χ4v) is 2.41. The second kappa shape index (κ2) is 4.47. The third-order valence-electron chi connectivity index (χ3n) is 2.69. The molecule has 1 atom stereocenters. The minimum atomic E-state index is -0.308. The van der Waals surface area contributed by atoms with E-state index < -0.39 is 0 Å². The summed E-state index contributed by atoms with van der Waals surface area (Å²) in [5.74, 6) is 1.03. The lowest BCUT2D eigenvalue weighted by atomic mass is 10.2. The van der Waals surface area contributed by atoms with Crippen LogP contribution in [-0.4, -0.2) is 26.9 Å². The molecular formula is C11H12N6OS. The number of nitrogens with zero attached hydrogens (tertiary/aromatic N) is 3. The molecule has 7 nitrogen and oxygen atoms in total. The Bertz CT molecular complexity index is 640. The van der Waals surface area contributed by atoms with E-state index >= 15 is 0 Å². The quantitative estimate of drug-likeness (QED) is 0.773. The summed E-state index contributed by atoms with van der Waals surface area (Å²) < 4.78 is 0. The van der Waals surface area contributed by atoms with Gasteiger partial charge in [0.05, 0.1) is 5.69 Å². The van der Waals surface area contributed by atoms with E-state index in [1.54, 1.807) is 6.92 Å². The van der Waals surface area contributed by atoms with Gasteiger partial charge in [0.25, 0.3) is 0 Å². The predicted octanol–water partition coefficient (Wildman–Crippen LogP) is 1.74. The van der Waals surface area contributed by atoms with Crippen molar-refractivity contribution >= 4 is 39.7 Å². The number of hydrogen-bond donors (Lipinski definition) is 3. The first-order chi connectivity index (χ1) is 9.13. The number of fused-ring (bicyclic) bond motifs is 1. The summed E-state index contributed by atoms with van der Waals surface area (Å²) in [6.07, 6.45) is 1.44. The van der Waals surface area contributed by atoms with E-state index in [0.717, 1.165) is 10.8 Å². The second-order valence-electron chi connectivity index (χ2n) is 4.22. The van der Waals surface area contributed by atoms with Crippen LogP contribution in [0.25, 0.3) is 0 Å². The third kappa shape index (κ3) is 2.22. The van der Waals surface area contributed by atoms with Crippen molar-refractivity contribution < 1.29 is 4.79 Å². The maximum atomic E-state index is 11.7. The molecule has 0 spiro atoms. The molecule has 1 unspecified atom stereocenters. The fourth-order valence-electron chi connectivity index (χ4n) is 1.72. The highest BCUT2D eigenvalue weighted by atomic mass is 32.1. The predicted molar refractivity (Wildman–Crippen MR) is 73.9 cm³/mol. The van der Waals surface area contributed by atoms with Gasteiger partial charge in [-0.1, -0.05) is 0 Å². The number of rotatable bonds is 2. The molecule has 3 heterocycles. The van der Waals surface area contributed by atoms with Gasteiger partial charge in [0, 0.05) is 5.38 Å². The number of carbonyl (C=O) groups excluding carboxylic acids is 1. The Balaban J connectivity index is 1.95. The van der Waals surface area contributed by atoms with E-state index in [2.05, 4.69) is 30.9 Å². The zero-order valence-electron chi connectivity index (χ0n) is 10.4. The topological polar surface area (TPSA) is 91.8 Å². The van der Waals surface area contributed by atoms with Crippen LogP contribution in [0.4, 0.5) is 22.5 Å². The van der Waals surface area contributed by atoms with Gasteiger partial charge in [-0.25, -0.2) is 15.0 Å². The summed E-state index contributed by atoms with van der Waals surface area (Å²) in [7, 11) is 0. The maximum Gasteiger partial charge on any atom is 0.246 e. The number of nitrogens with one attached hydrogen (secondary N) is 3. The van der Waals surface area contributed by atoms with Crippen LogP contribution in [0, 0.1) is 6.92 Å². The number of carbonyl (C=O) groups is 1. The van der Waals surface area contributed by atoms with Crippen molar-refractivity contribution in [3.63, 3.8) is 0 Å². The van der Waals surface area contributed by atoms with Crippen molar-refractivity contribution in [1.82, 2.24) is 15.0 Å². The average Bonchev–Trinajstić information content (AvgIpc) is 2.77. The van der Waals surface area contributed by atoms with Crippen LogP contribution in [0.2, 0.25) is 0 Å². The molecule has 0 saturated carbocycles. The smallest absolute Gasteiger partial charge is 0.246 e. The number of thiazole rings is 1. The Morgan fingerprint density at radius 3 is 3.00 bits per heavy atom. The molecule has 0 saturated heterocycles. The van der Waals surface area contributed by atoms with Gasteiger partial charge < -0.3 is 16.0 Å². The molecule has 0 radical (unpaired) electrons. The zero-order chi connectivity index (χ0) is 13.4. The van der Waals surface area contributed by atoms with Gasteiger partial charge in [0.2, 0.25) is 5.91 Å². The van der Waals surface area contributed by atoms with Gasteiger partial charge in [-0.05, 0) is 13.8 Å². The van der Waals surface area contributed by atoms with Crippen molar-refractivity contribution in [2.75, 3.05) is 16.0 Å². The summed E-state index contributed by atoms with van der Waals surface area (Å²) in [5.41, 5.74) is 1.49. The molecule has 0 bridgehead atoms. The van der Waals surface area contributed by atoms with Crippen molar-refractivity contribution in [3.05, 3.63) is 17.4 Å². The van der Waals surface area contributed by atoms with Gasteiger partial charge in [-0.3, -0.25) is 4.79 Å². The van der Waals surface area contributed by atoms with E-state index in [9.17, 15) is 4.79 Å². The standard InChI is InChI=1S/C11H12N6OS/c1-5-3-19-11(14-5)17-9-7-8(12-4-13-9)15-6(2)10(18)16-7/h3-4,6H,1-2H3,(H,16,18)(H2,12,13,14,15,17). The Labute approximate surface area is 113 Å². The molecule has 1 amide bonds. The van der Waals surface area contributed by atoms with E-state index in [-0.39, 0.29) is 11.9 Å². The largest absolute Gasteiger partial charge is 0.357 e. The van der Waals surface area contributed by atoms with Crippen LogP contribution >= 0.6 is 11.3 Å². The Morgan fingerprint density at radius 1 is 1.42 bits per heavy atom. The molecule has 2 aromatic heterocycles. The first-order valence-corrected chi connectivity index (χ1v) is 6.63. The number of aromatic nitrogens is 3. The Hall–Kier alpha value is -2.22. The van der Waals surface area contributed by atoms with E-state index in [1.165, 1.54) is 17.7 Å². The van der Waals surface area contributed by atoms with Crippen LogP contribution in [0.5, 0.6) is 0 Å². The monoisotopic (exact) mass is 276 g/mol. The molecule has 1 aliphatic rings. The second-order valence-corrected chi connectivity index (χ2v) is 5.08. The first kappa shape index (κ1) is 11.8. The molecule has 2 aromatic rings. The molecule has 1 aliphatic heterocycles. The summed E-state index contributed by atoms with van der Waals surface area (Å²) in [5, 5.41) is 11.6. The molecule has 98 valence electrons. The van der Waals surface area contributed by atoms with E-state index in [0.29, 0.717) is 17.3 Å². The van der Waals surface area contributed by atoms with Gasteiger partial charge in [0.1, 0.15) is 18.1 Å². The minimum absolute atomic E-state index is 0.110. The van der Waals surface area contributed by atoms with E-state index in [1.807, 2.05) is 12.3 Å². The lowest BCUT2D eigenvalue weighted by Crippen LogP contribution is -2.37. The molecule has 8 heteroatoms. The zero-order valence-corrected chi connectivity index (χ0v) is 11.2. The summed E-state index contributed by atoms with van der Waals surface area (Å²) >= 11 is 1.48. The third-order valence-corrected chi connectivity index (χ3v) is 3.56. The van der Waals surface area contributed by atoms with Crippen LogP contribution in [0.15, 0.2) is 11.7 Å². The highest BCUT2D eigenvalue weighted by Gasteiger charge is 2.25. The number of amides is 1. The highest BCUT2D eigenvalue weighted by molar-refractivity contribution is 7.13. The molecular weight excluding hydrogens is 264 g/mol. The summed E-state index contributed by atoms with van der Waals surface area (Å²) in [6, 6.07) is -0.308.